The number of rotatable bonds is 8. The van der Waals surface area contributed by atoms with E-state index >= 15 is 0 Å². The van der Waals surface area contributed by atoms with Gasteiger partial charge < -0.3 is 10.1 Å². The molecule has 1 aromatic rings. The fraction of sp³-hybridized carbons (Fsp3) is 0.875. The standard InChI is InChI=1S/C16H30N4O/c1-4-7-17-15(14-5-8-21-9-6-14)10-16-18-12-19-20(16)11-13(2)3/h12-15,17H,4-11H2,1-3H3. The first-order valence-corrected chi connectivity index (χ1v) is 8.38. The van der Waals surface area contributed by atoms with Crippen LogP contribution in [0.2, 0.25) is 0 Å². The van der Waals surface area contributed by atoms with Crippen LogP contribution >= 0.6 is 0 Å². The summed E-state index contributed by atoms with van der Waals surface area (Å²) in [5, 5.41) is 8.11. The number of hydrogen-bond acceptors (Lipinski definition) is 4. The molecule has 1 aromatic heterocycles. The second-order valence-electron chi connectivity index (χ2n) is 6.47. The van der Waals surface area contributed by atoms with Crippen molar-refractivity contribution in [2.75, 3.05) is 19.8 Å². The smallest absolute Gasteiger partial charge is 0.138 e. The summed E-state index contributed by atoms with van der Waals surface area (Å²) in [7, 11) is 0. The zero-order valence-electron chi connectivity index (χ0n) is 13.7. The molecule has 0 saturated carbocycles. The predicted molar refractivity (Wildman–Crippen MR) is 84.2 cm³/mol. The molecule has 2 rings (SSSR count). The van der Waals surface area contributed by atoms with Crippen molar-refractivity contribution >= 4 is 0 Å². The van der Waals surface area contributed by atoms with Crippen LogP contribution in [-0.2, 0) is 17.7 Å². The van der Waals surface area contributed by atoms with E-state index in [1.54, 1.807) is 6.33 Å². The molecular weight excluding hydrogens is 264 g/mol. The zero-order chi connectivity index (χ0) is 15.1. The van der Waals surface area contributed by atoms with Gasteiger partial charge >= 0.3 is 0 Å². The quantitative estimate of drug-likeness (QED) is 0.799. The second kappa shape index (κ2) is 8.49. The predicted octanol–water partition coefficient (Wildman–Crippen LogP) is 2.27. The van der Waals surface area contributed by atoms with Gasteiger partial charge in [-0.2, -0.15) is 5.10 Å². The molecule has 21 heavy (non-hydrogen) atoms. The molecule has 1 saturated heterocycles. The Morgan fingerprint density at radius 1 is 1.38 bits per heavy atom. The molecule has 0 aromatic carbocycles. The Labute approximate surface area is 128 Å². The Balaban J connectivity index is 2.01. The Hall–Kier alpha value is -0.940. The summed E-state index contributed by atoms with van der Waals surface area (Å²) >= 11 is 0. The number of ether oxygens (including phenoxy) is 1. The van der Waals surface area contributed by atoms with E-state index < -0.39 is 0 Å². The molecule has 120 valence electrons. The van der Waals surface area contributed by atoms with Crippen LogP contribution in [0.1, 0.15) is 45.9 Å². The van der Waals surface area contributed by atoms with Crippen LogP contribution in [0, 0.1) is 11.8 Å². The summed E-state index contributed by atoms with van der Waals surface area (Å²) in [6.07, 6.45) is 6.13. The van der Waals surface area contributed by atoms with Crippen molar-refractivity contribution in [1.29, 1.82) is 0 Å². The lowest BCUT2D eigenvalue weighted by Crippen LogP contribution is -2.41. The average Bonchev–Trinajstić information content (AvgIpc) is 2.90. The van der Waals surface area contributed by atoms with Gasteiger partial charge in [-0.15, -0.1) is 0 Å². The van der Waals surface area contributed by atoms with Gasteiger partial charge in [0.25, 0.3) is 0 Å². The summed E-state index contributed by atoms with van der Waals surface area (Å²) in [4.78, 5) is 4.49. The molecule has 0 radical (unpaired) electrons. The summed E-state index contributed by atoms with van der Waals surface area (Å²) in [5.74, 6) is 2.40. The van der Waals surface area contributed by atoms with E-state index in [2.05, 4.69) is 40.9 Å². The van der Waals surface area contributed by atoms with Gasteiger partial charge in [0.15, 0.2) is 0 Å². The average molecular weight is 294 g/mol. The molecular formula is C16H30N4O. The Morgan fingerprint density at radius 2 is 2.14 bits per heavy atom. The lowest BCUT2D eigenvalue weighted by molar-refractivity contribution is 0.0533. The maximum absolute atomic E-state index is 5.50. The minimum atomic E-state index is 0.490. The molecule has 2 heterocycles. The number of nitrogens with one attached hydrogen (secondary N) is 1. The third kappa shape index (κ3) is 5.08. The monoisotopic (exact) mass is 294 g/mol. The Morgan fingerprint density at radius 3 is 2.81 bits per heavy atom. The molecule has 1 aliphatic rings. The molecule has 1 atom stereocenters. The Kier molecular flexibility index (Phi) is 6.64. The van der Waals surface area contributed by atoms with E-state index in [0.29, 0.717) is 17.9 Å². The lowest BCUT2D eigenvalue weighted by Gasteiger charge is -2.31. The van der Waals surface area contributed by atoms with Crippen molar-refractivity contribution in [3.8, 4) is 0 Å². The third-order valence-corrected chi connectivity index (χ3v) is 4.13. The van der Waals surface area contributed by atoms with Crippen molar-refractivity contribution < 1.29 is 4.74 Å². The highest BCUT2D eigenvalue weighted by Gasteiger charge is 2.25. The zero-order valence-corrected chi connectivity index (χ0v) is 13.7. The van der Waals surface area contributed by atoms with Crippen molar-refractivity contribution in [1.82, 2.24) is 20.1 Å². The first-order chi connectivity index (χ1) is 10.2. The molecule has 0 spiro atoms. The topological polar surface area (TPSA) is 52.0 Å². The summed E-state index contributed by atoms with van der Waals surface area (Å²) in [6, 6.07) is 0.490. The van der Waals surface area contributed by atoms with Crippen molar-refractivity contribution in [2.45, 2.75) is 59.0 Å². The van der Waals surface area contributed by atoms with E-state index in [1.165, 1.54) is 6.42 Å². The van der Waals surface area contributed by atoms with Crippen LogP contribution < -0.4 is 5.32 Å². The lowest BCUT2D eigenvalue weighted by atomic mass is 9.89. The van der Waals surface area contributed by atoms with Crippen molar-refractivity contribution in [2.24, 2.45) is 11.8 Å². The normalized spacial score (nSPS) is 18.3. The van der Waals surface area contributed by atoms with Gasteiger partial charge in [-0.05, 0) is 37.6 Å². The minimum absolute atomic E-state index is 0.490. The molecule has 5 heteroatoms. The molecule has 1 unspecified atom stereocenters. The van der Waals surface area contributed by atoms with E-state index in [9.17, 15) is 0 Å². The molecule has 0 aliphatic carbocycles. The largest absolute Gasteiger partial charge is 0.381 e. The second-order valence-corrected chi connectivity index (χ2v) is 6.47. The number of aromatic nitrogens is 3. The molecule has 1 N–H and O–H groups in total. The van der Waals surface area contributed by atoms with Gasteiger partial charge in [0.1, 0.15) is 12.2 Å². The van der Waals surface area contributed by atoms with Gasteiger partial charge in [0.05, 0.1) is 0 Å². The van der Waals surface area contributed by atoms with Gasteiger partial charge in [0, 0.05) is 32.2 Å². The van der Waals surface area contributed by atoms with Crippen LogP contribution in [0.15, 0.2) is 6.33 Å². The summed E-state index contributed by atoms with van der Waals surface area (Å²) in [6.45, 7) is 10.5. The van der Waals surface area contributed by atoms with E-state index in [4.69, 9.17) is 4.74 Å². The van der Waals surface area contributed by atoms with Gasteiger partial charge in [0.2, 0.25) is 0 Å². The summed E-state index contributed by atoms with van der Waals surface area (Å²) < 4.78 is 7.58. The molecule has 0 amide bonds. The van der Waals surface area contributed by atoms with Crippen LogP contribution in [-0.4, -0.2) is 40.6 Å². The van der Waals surface area contributed by atoms with Crippen molar-refractivity contribution in [3.63, 3.8) is 0 Å². The van der Waals surface area contributed by atoms with Crippen LogP contribution in [0.4, 0.5) is 0 Å². The van der Waals surface area contributed by atoms with Gasteiger partial charge in [-0.25, -0.2) is 9.67 Å². The van der Waals surface area contributed by atoms with Crippen LogP contribution in [0.25, 0.3) is 0 Å². The van der Waals surface area contributed by atoms with E-state index in [0.717, 1.165) is 51.4 Å². The van der Waals surface area contributed by atoms with Gasteiger partial charge in [-0.3, -0.25) is 0 Å². The highest BCUT2D eigenvalue weighted by molar-refractivity contribution is 4.93. The third-order valence-electron chi connectivity index (χ3n) is 4.13. The summed E-state index contributed by atoms with van der Waals surface area (Å²) in [5.41, 5.74) is 0. The fourth-order valence-corrected chi connectivity index (χ4v) is 2.99. The highest BCUT2D eigenvalue weighted by Crippen LogP contribution is 2.21. The molecule has 1 fully saturated rings. The maximum Gasteiger partial charge on any atom is 0.138 e. The van der Waals surface area contributed by atoms with Crippen LogP contribution in [0.5, 0.6) is 0 Å². The Bertz CT molecular complexity index is 399. The number of hydrogen-bond donors (Lipinski definition) is 1. The fourth-order valence-electron chi connectivity index (χ4n) is 2.99. The van der Waals surface area contributed by atoms with E-state index in [1.807, 2.05) is 0 Å². The molecule has 0 bridgehead atoms. The first-order valence-electron chi connectivity index (χ1n) is 8.38. The SMILES string of the molecule is CCCNC(Cc1ncnn1CC(C)C)C1CCOCC1. The van der Waals surface area contributed by atoms with Crippen molar-refractivity contribution in [3.05, 3.63) is 12.2 Å². The number of nitrogens with zero attached hydrogens (tertiary/aromatic N) is 3. The molecule has 1 aliphatic heterocycles. The van der Waals surface area contributed by atoms with E-state index in [-0.39, 0.29) is 0 Å². The maximum atomic E-state index is 5.50. The minimum Gasteiger partial charge on any atom is -0.381 e. The highest BCUT2D eigenvalue weighted by atomic mass is 16.5. The van der Waals surface area contributed by atoms with Crippen LogP contribution in [0.3, 0.4) is 0 Å². The van der Waals surface area contributed by atoms with Gasteiger partial charge in [-0.1, -0.05) is 20.8 Å². The first kappa shape index (κ1) is 16.4. The molecule has 5 nitrogen and oxygen atoms in total.